The summed E-state index contributed by atoms with van der Waals surface area (Å²) < 4.78 is 67.2. The molecule has 0 spiro atoms. The lowest BCUT2D eigenvalue weighted by atomic mass is 10.1. The smallest absolute Gasteiger partial charge is 0.422 e. The summed E-state index contributed by atoms with van der Waals surface area (Å²) in [6.45, 7) is 1.25. The first-order valence-corrected chi connectivity index (χ1v) is 10.4. The Morgan fingerprint density at radius 3 is 2.45 bits per heavy atom. The van der Waals surface area contributed by atoms with Crippen molar-refractivity contribution in [2.24, 2.45) is 5.92 Å². The molecule has 0 unspecified atom stereocenters. The van der Waals surface area contributed by atoms with Crippen molar-refractivity contribution in [2.45, 2.75) is 42.6 Å². The van der Waals surface area contributed by atoms with Gasteiger partial charge in [0.05, 0.1) is 15.2 Å². The molecular weight excluding hydrogens is 439 g/mol. The second-order valence-electron chi connectivity index (χ2n) is 6.90. The average Bonchev–Trinajstić information content (AvgIpc) is 3.04. The first-order valence-electron chi connectivity index (χ1n) is 8.50. The molecule has 29 heavy (non-hydrogen) atoms. The third-order valence-corrected chi connectivity index (χ3v) is 6.99. The highest BCUT2D eigenvalue weighted by atomic mass is 35.5. The number of carboxylic acids is 1. The zero-order valence-electron chi connectivity index (χ0n) is 15.4. The van der Waals surface area contributed by atoms with E-state index in [9.17, 15) is 36.3 Å². The molecule has 1 aliphatic heterocycles. The van der Waals surface area contributed by atoms with Gasteiger partial charge in [-0.05, 0) is 18.6 Å². The van der Waals surface area contributed by atoms with Crippen molar-refractivity contribution in [1.29, 1.82) is 0 Å². The van der Waals surface area contributed by atoms with E-state index >= 15 is 0 Å². The number of hydrogen-bond acceptors (Lipinski definition) is 5. The molecule has 1 amide bonds. The van der Waals surface area contributed by atoms with Crippen LogP contribution in [-0.4, -0.2) is 60.9 Å². The van der Waals surface area contributed by atoms with Crippen LogP contribution in [0.15, 0.2) is 23.1 Å². The van der Waals surface area contributed by atoms with Gasteiger partial charge in [-0.3, -0.25) is 4.79 Å². The lowest BCUT2D eigenvalue weighted by Gasteiger charge is -2.23. The zero-order valence-corrected chi connectivity index (χ0v) is 17.0. The number of carbonyl (C=O) groups excluding carboxylic acids is 1. The number of nitrogens with zero attached hydrogens (tertiary/aromatic N) is 1. The number of benzene rings is 1. The maximum atomic E-state index is 13.0. The van der Waals surface area contributed by atoms with Crippen molar-refractivity contribution in [3.05, 3.63) is 23.2 Å². The summed E-state index contributed by atoms with van der Waals surface area (Å²) in [7, 11) is -4.15. The molecule has 0 bridgehead atoms. The summed E-state index contributed by atoms with van der Waals surface area (Å²) in [5.41, 5.74) is 0. The minimum Gasteiger partial charge on any atom is -0.484 e. The van der Waals surface area contributed by atoms with Gasteiger partial charge in [0.15, 0.2) is 16.4 Å². The van der Waals surface area contributed by atoms with Gasteiger partial charge in [0.1, 0.15) is 11.8 Å². The van der Waals surface area contributed by atoms with Gasteiger partial charge in [-0.1, -0.05) is 25.4 Å². The monoisotopic (exact) mass is 457 g/mol. The quantitative estimate of drug-likeness (QED) is 0.705. The molecule has 1 aromatic rings. The van der Waals surface area contributed by atoms with Crippen LogP contribution in [-0.2, 0) is 19.4 Å². The van der Waals surface area contributed by atoms with E-state index in [2.05, 4.69) is 4.74 Å². The normalized spacial score (nSPS) is 20.2. The number of carboxylic acid groups (broad SMARTS) is 1. The predicted molar refractivity (Wildman–Crippen MR) is 96.6 cm³/mol. The Morgan fingerprint density at radius 1 is 1.34 bits per heavy atom. The number of amides is 1. The molecule has 0 aromatic heterocycles. The van der Waals surface area contributed by atoms with E-state index in [1.54, 1.807) is 13.8 Å². The molecule has 0 radical (unpaired) electrons. The van der Waals surface area contributed by atoms with Gasteiger partial charge in [-0.2, -0.15) is 13.2 Å². The molecule has 0 aliphatic carbocycles. The Hall–Kier alpha value is -2.01. The molecule has 1 aliphatic rings. The summed E-state index contributed by atoms with van der Waals surface area (Å²) in [6, 6.07) is 1.69. The van der Waals surface area contributed by atoms with Crippen LogP contribution in [0.5, 0.6) is 5.75 Å². The standard InChI is InChI=1S/C17H19ClF3NO6S/c1-9(2)15(23)22-7-11(6-13(22)16(24)25)29(26,27)14-4-3-10(5-12(14)18)28-8-17(19,20)21/h3-5,9,11,13H,6-8H2,1-2H3,(H,24,25)/t11-,13+/m1/s1. The van der Waals surface area contributed by atoms with Crippen LogP contribution in [0.3, 0.4) is 0 Å². The summed E-state index contributed by atoms with van der Waals surface area (Å²) >= 11 is 5.95. The molecule has 1 N–H and O–H groups in total. The van der Waals surface area contributed by atoms with Gasteiger partial charge in [0, 0.05) is 18.5 Å². The predicted octanol–water partition coefficient (Wildman–Crippen LogP) is 2.76. The van der Waals surface area contributed by atoms with Crippen molar-refractivity contribution in [3.8, 4) is 5.75 Å². The topological polar surface area (TPSA) is 101 Å². The van der Waals surface area contributed by atoms with E-state index < -0.39 is 51.7 Å². The highest BCUT2D eigenvalue weighted by molar-refractivity contribution is 7.92. The summed E-state index contributed by atoms with van der Waals surface area (Å²) in [5, 5.41) is 7.79. The van der Waals surface area contributed by atoms with Crippen molar-refractivity contribution >= 4 is 33.3 Å². The van der Waals surface area contributed by atoms with E-state index in [4.69, 9.17) is 11.6 Å². The molecule has 2 rings (SSSR count). The Bertz CT molecular complexity index is 903. The van der Waals surface area contributed by atoms with Crippen molar-refractivity contribution in [1.82, 2.24) is 4.90 Å². The number of hydrogen-bond donors (Lipinski definition) is 1. The van der Waals surface area contributed by atoms with E-state index in [1.807, 2.05) is 0 Å². The van der Waals surface area contributed by atoms with Crippen molar-refractivity contribution < 1.29 is 41.0 Å². The zero-order chi connectivity index (χ0) is 22.1. The number of likely N-dealkylation sites (tertiary alicyclic amines) is 1. The maximum Gasteiger partial charge on any atom is 0.422 e. The molecule has 7 nitrogen and oxygen atoms in total. The molecule has 1 fully saturated rings. The Kier molecular flexibility index (Phi) is 6.73. The van der Waals surface area contributed by atoms with Crippen LogP contribution < -0.4 is 4.74 Å². The highest BCUT2D eigenvalue weighted by Gasteiger charge is 2.46. The number of halogens is 4. The second-order valence-corrected chi connectivity index (χ2v) is 9.50. The van der Waals surface area contributed by atoms with E-state index in [1.165, 1.54) is 0 Å². The molecule has 1 saturated heterocycles. The molecule has 1 aromatic carbocycles. The number of rotatable bonds is 6. The van der Waals surface area contributed by atoms with Gasteiger partial charge >= 0.3 is 12.1 Å². The fraction of sp³-hybridized carbons (Fsp3) is 0.529. The lowest BCUT2D eigenvalue weighted by molar-refractivity contribution is -0.153. The number of ether oxygens (including phenoxy) is 1. The molecule has 1 heterocycles. The van der Waals surface area contributed by atoms with Gasteiger partial charge in [0.25, 0.3) is 0 Å². The number of carbonyl (C=O) groups is 2. The Labute approximate surface area is 170 Å². The Balaban J connectivity index is 2.28. The molecule has 162 valence electrons. The van der Waals surface area contributed by atoms with Gasteiger partial charge in [-0.15, -0.1) is 0 Å². The second kappa shape index (κ2) is 8.39. The third kappa shape index (κ3) is 5.33. The Morgan fingerprint density at radius 2 is 1.97 bits per heavy atom. The van der Waals surface area contributed by atoms with Crippen LogP contribution in [0, 0.1) is 5.92 Å². The van der Waals surface area contributed by atoms with Crippen molar-refractivity contribution in [3.63, 3.8) is 0 Å². The van der Waals surface area contributed by atoms with Crippen LogP contribution in [0.1, 0.15) is 20.3 Å². The minimum absolute atomic E-state index is 0.266. The van der Waals surface area contributed by atoms with Crippen LogP contribution in [0.25, 0.3) is 0 Å². The molecule has 2 atom stereocenters. The minimum atomic E-state index is -4.57. The number of aliphatic carboxylic acids is 1. The van der Waals surface area contributed by atoms with Crippen LogP contribution in [0.4, 0.5) is 13.2 Å². The SMILES string of the molecule is CC(C)C(=O)N1C[C@H](S(=O)(=O)c2ccc(OCC(F)(F)F)cc2Cl)C[C@H]1C(=O)O. The van der Waals surface area contributed by atoms with E-state index in [-0.39, 0.29) is 28.6 Å². The lowest BCUT2D eigenvalue weighted by Crippen LogP contribution is -2.42. The summed E-state index contributed by atoms with van der Waals surface area (Å²) in [6.07, 6.45) is -4.89. The number of alkyl halides is 3. The summed E-state index contributed by atoms with van der Waals surface area (Å²) in [4.78, 5) is 24.4. The maximum absolute atomic E-state index is 13.0. The fourth-order valence-corrected chi connectivity index (χ4v) is 5.21. The van der Waals surface area contributed by atoms with E-state index in [0.717, 1.165) is 23.1 Å². The fourth-order valence-electron chi connectivity index (χ4n) is 2.98. The first kappa shape index (κ1) is 23.3. The average molecular weight is 458 g/mol. The van der Waals surface area contributed by atoms with Crippen LogP contribution in [0.2, 0.25) is 5.02 Å². The van der Waals surface area contributed by atoms with Gasteiger partial charge < -0.3 is 14.7 Å². The van der Waals surface area contributed by atoms with E-state index in [0.29, 0.717) is 0 Å². The van der Waals surface area contributed by atoms with Crippen LogP contribution >= 0.6 is 11.6 Å². The van der Waals surface area contributed by atoms with Gasteiger partial charge in [-0.25, -0.2) is 13.2 Å². The number of sulfone groups is 1. The summed E-state index contributed by atoms with van der Waals surface area (Å²) in [5.74, 6) is -2.60. The molecule has 0 saturated carbocycles. The third-order valence-electron chi connectivity index (χ3n) is 4.38. The first-order chi connectivity index (χ1) is 13.2. The van der Waals surface area contributed by atoms with Gasteiger partial charge in [0.2, 0.25) is 5.91 Å². The molecule has 12 heteroatoms. The van der Waals surface area contributed by atoms with Crippen molar-refractivity contribution in [2.75, 3.05) is 13.2 Å². The highest BCUT2D eigenvalue weighted by Crippen LogP contribution is 2.34. The molecular formula is C17H19ClF3NO6S. The largest absolute Gasteiger partial charge is 0.484 e.